The molecule has 0 aliphatic carbocycles. The summed E-state index contributed by atoms with van der Waals surface area (Å²) in [5, 5.41) is 3.26. The molecule has 0 aliphatic heterocycles. The first-order valence-electron chi connectivity index (χ1n) is 5.94. The average Bonchev–Trinajstić information content (AvgIpc) is 2.35. The molecule has 0 bridgehead atoms. The molecule has 1 N–H and O–H groups in total. The summed E-state index contributed by atoms with van der Waals surface area (Å²) in [6.45, 7) is 6.65. The van der Waals surface area contributed by atoms with Crippen molar-refractivity contribution in [2.45, 2.75) is 13.5 Å². The quantitative estimate of drug-likeness (QED) is 0.711. The molecule has 1 rings (SSSR count). The lowest BCUT2D eigenvalue weighted by molar-refractivity contribution is 0.116. The van der Waals surface area contributed by atoms with Crippen LogP contribution in [0.4, 0.5) is 0 Å². The maximum Gasteiger partial charge on any atom is 0.0728 e. The minimum atomic E-state index is 0.647. The van der Waals surface area contributed by atoms with Crippen LogP contribution in [0.3, 0.4) is 0 Å². The largest absolute Gasteiger partial charge is 0.380 e. The summed E-state index contributed by atoms with van der Waals surface area (Å²) in [6, 6.07) is 8.11. The summed E-state index contributed by atoms with van der Waals surface area (Å²) in [7, 11) is 0. The fourth-order valence-electron chi connectivity index (χ4n) is 1.36. The van der Waals surface area contributed by atoms with Crippen LogP contribution in [0.5, 0.6) is 0 Å². The van der Waals surface area contributed by atoms with Crippen LogP contribution < -0.4 is 5.32 Å². The van der Waals surface area contributed by atoms with Crippen molar-refractivity contribution in [3.8, 4) is 0 Å². The second-order valence-corrected chi connectivity index (χ2v) is 4.45. The lowest BCUT2D eigenvalue weighted by atomic mass is 10.2. The molecule has 0 amide bonds. The van der Waals surface area contributed by atoms with E-state index in [9.17, 15) is 0 Å². The predicted octanol–water partition coefficient (Wildman–Crippen LogP) is 2.59. The Kier molecular flexibility index (Phi) is 8.26. The molecule has 0 saturated carbocycles. The predicted molar refractivity (Wildman–Crippen MR) is 73.2 cm³/mol. The molecule has 3 nitrogen and oxygen atoms in total. The Balaban J connectivity index is 1.99. The fraction of sp³-hybridized carbons (Fsp3) is 0.538. The Morgan fingerprint density at radius 3 is 2.53 bits per heavy atom. The van der Waals surface area contributed by atoms with Crippen molar-refractivity contribution in [3.05, 3.63) is 34.3 Å². The van der Waals surface area contributed by atoms with Crippen LogP contribution in [0.2, 0.25) is 0 Å². The number of hydrogen-bond donors (Lipinski definition) is 1. The number of hydrogen-bond acceptors (Lipinski definition) is 3. The SMILES string of the molecule is CCOCCNCCOCc1ccccc1Br. The summed E-state index contributed by atoms with van der Waals surface area (Å²) in [6.07, 6.45) is 0. The smallest absolute Gasteiger partial charge is 0.0728 e. The molecule has 0 spiro atoms. The summed E-state index contributed by atoms with van der Waals surface area (Å²) < 4.78 is 11.9. The summed E-state index contributed by atoms with van der Waals surface area (Å²) in [5.41, 5.74) is 1.18. The molecule has 0 heterocycles. The zero-order valence-electron chi connectivity index (χ0n) is 10.2. The Labute approximate surface area is 112 Å². The summed E-state index contributed by atoms with van der Waals surface area (Å²) in [5.74, 6) is 0. The van der Waals surface area contributed by atoms with Gasteiger partial charge in [-0.2, -0.15) is 0 Å². The lowest BCUT2D eigenvalue weighted by Gasteiger charge is -2.07. The molecule has 0 aliphatic rings. The maximum absolute atomic E-state index is 5.57. The zero-order chi connectivity index (χ0) is 12.3. The van der Waals surface area contributed by atoms with Crippen LogP contribution in [0.25, 0.3) is 0 Å². The van der Waals surface area contributed by atoms with E-state index in [1.165, 1.54) is 5.56 Å². The minimum Gasteiger partial charge on any atom is -0.380 e. The molecule has 0 atom stereocenters. The van der Waals surface area contributed by atoms with Gasteiger partial charge in [0.05, 0.1) is 19.8 Å². The van der Waals surface area contributed by atoms with Crippen LogP contribution in [0.1, 0.15) is 12.5 Å². The molecule has 0 aromatic heterocycles. The fourth-order valence-corrected chi connectivity index (χ4v) is 1.75. The van der Waals surface area contributed by atoms with Crippen molar-refractivity contribution in [1.82, 2.24) is 5.32 Å². The first-order chi connectivity index (χ1) is 8.34. The van der Waals surface area contributed by atoms with E-state index < -0.39 is 0 Å². The highest BCUT2D eigenvalue weighted by atomic mass is 79.9. The molecule has 1 aromatic carbocycles. The van der Waals surface area contributed by atoms with Gasteiger partial charge in [-0.3, -0.25) is 0 Å². The zero-order valence-corrected chi connectivity index (χ0v) is 11.8. The van der Waals surface area contributed by atoms with Gasteiger partial charge < -0.3 is 14.8 Å². The van der Waals surface area contributed by atoms with E-state index in [4.69, 9.17) is 9.47 Å². The van der Waals surface area contributed by atoms with E-state index >= 15 is 0 Å². The van der Waals surface area contributed by atoms with Gasteiger partial charge in [0.1, 0.15) is 0 Å². The van der Waals surface area contributed by atoms with Crippen LogP contribution >= 0.6 is 15.9 Å². The van der Waals surface area contributed by atoms with Crippen molar-refractivity contribution < 1.29 is 9.47 Å². The van der Waals surface area contributed by atoms with E-state index in [1.807, 2.05) is 25.1 Å². The van der Waals surface area contributed by atoms with E-state index in [1.54, 1.807) is 0 Å². The molecule has 4 heteroatoms. The molecule has 96 valence electrons. The highest BCUT2D eigenvalue weighted by molar-refractivity contribution is 9.10. The molecule has 17 heavy (non-hydrogen) atoms. The Morgan fingerprint density at radius 2 is 1.82 bits per heavy atom. The van der Waals surface area contributed by atoms with Crippen molar-refractivity contribution >= 4 is 15.9 Å². The van der Waals surface area contributed by atoms with Gasteiger partial charge in [-0.1, -0.05) is 34.1 Å². The third-order valence-electron chi connectivity index (χ3n) is 2.27. The highest BCUT2D eigenvalue weighted by Crippen LogP contribution is 2.16. The monoisotopic (exact) mass is 301 g/mol. The number of benzene rings is 1. The van der Waals surface area contributed by atoms with Crippen LogP contribution in [-0.4, -0.2) is 32.9 Å². The Morgan fingerprint density at radius 1 is 1.12 bits per heavy atom. The third-order valence-corrected chi connectivity index (χ3v) is 3.04. The van der Waals surface area contributed by atoms with Crippen molar-refractivity contribution in [3.63, 3.8) is 0 Å². The Hall–Kier alpha value is -0.420. The van der Waals surface area contributed by atoms with Crippen LogP contribution in [-0.2, 0) is 16.1 Å². The normalized spacial score (nSPS) is 10.7. The minimum absolute atomic E-state index is 0.647. The van der Waals surface area contributed by atoms with Gasteiger partial charge in [0.2, 0.25) is 0 Å². The average molecular weight is 302 g/mol. The van der Waals surface area contributed by atoms with Gasteiger partial charge in [0, 0.05) is 24.2 Å². The van der Waals surface area contributed by atoms with Gasteiger partial charge in [0.25, 0.3) is 0 Å². The van der Waals surface area contributed by atoms with Gasteiger partial charge in [0.15, 0.2) is 0 Å². The van der Waals surface area contributed by atoms with E-state index in [2.05, 4.69) is 27.3 Å². The number of rotatable bonds is 9. The third kappa shape index (κ3) is 6.78. The van der Waals surface area contributed by atoms with E-state index in [0.29, 0.717) is 13.2 Å². The van der Waals surface area contributed by atoms with Gasteiger partial charge >= 0.3 is 0 Å². The number of halogens is 1. The van der Waals surface area contributed by atoms with E-state index in [-0.39, 0.29) is 0 Å². The molecule has 1 aromatic rings. The van der Waals surface area contributed by atoms with Crippen LogP contribution in [0, 0.1) is 0 Å². The molecular formula is C13H20BrNO2. The van der Waals surface area contributed by atoms with Crippen molar-refractivity contribution in [1.29, 1.82) is 0 Å². The molecular weight excluding hydrogens is 282 g/mol. The maximum atomic E-state index is 5.57. The van der Waals surface area contributed by atoms with Gasteiger partial charge in [-0.15, -0.1) is 0 Å². The van der Waals surface area contributed by atoms with Crippen molar-refractivity contribution in [2.24, 2.45) is 0 Å². The topological polar surface area (TPSA) is 30.5 Å². The standard InChI is InChI=1S/C13H20BrNO2/c1-2-16-9-7-15-8-10-17-11-12-5-3-4-6-13(12)14/h3-6,15H,2,7-11H2,1H3. The van der Waals surface area contributed by atoms with Gasteiger partial charge in [-0.25, -0.2) is 0 Å². The second-order valence-electron chi connectivity index (χ2n) is 3.59. The lowest BCUT2D eigenvalue weighted by Crippen LogP contribution is -2.24. The number of ether oxygens (including phenoxy) is 2. The molecule has 0 radical (unpaired) electrons. The number of nitrogens with one attached hydrogen (secondary N) is 1. The Bertz CT molecular complexity index is 307. The van der Waals surface area contributed by atoms with Crippen molar-refractivity contribution in [2.75, 3.05) is 32.9 Å². The molecule has 0 unspecified atom stereocenters. The van der Waals surface area contributed by atoms with E-state index in [0.717, 1.165) is 30.8 Å². The molecule has 0 saturated heterocycles. The highest BCUT2D eigenvalue weighted by Gasteiger charge is 1.97. The first kappa shape index (κ1) is 14.6. The first-order valence-corrected chi connectivity index (χ1v) is 6.73. The second kappa shape index (κ2) is 9.59. The molecule has 0 fully saturated rings. The summed E-state index contributed by atoms with van der Waals surface area (Å²) >= 11 is 3.50. The van der Waals surface area contributed by atoms with Crippen LogP contribution in [0.15, 0.2) is 28.7 Å². The summed E-state index contributed by atoms with van der Waals surface area (Å²) in [4.78, 5) is 0. The van der Waals surface area contributed by atoms with Gasteiger partial charge in [-0.05, 0) is 18.6 Å².